The lowest BCUT2D eigenvalue weighted by Gasteiger charge is -2.30. The van der Waals surface area contributed by atoms with Gasteiger partial charge in [-0.2, -0.15) is 0 Å². The van der Waals surface area contributed by atoms with Crippen molar-refractivity contribution in [3.63, 3.8) is 0 Å². The van der Waals surface area contributed by atoms with Crippen molar-refractivity contribution < 1.29 is 0 Å². The topological polar surface area (TPSA) is 142 Å². The Labute approximate surface area is 247 Å². The predicted molar refractivity (Wildman–Crippen MR) is 162 cm³/mol. The molecule has 43 heavy (non-hydrogen) atoms. The Morgan fingerprint density at radius 3 is 2.07 bits per heavy atom. The molecule has 11 nitrogen and oxygen atoms in total. The summed E-state index contributed by atoms with van der Waals surface area (Å²) in [4.78, 5) is 50.9. The van der Waals surface area contributed by atoms with Gasteiger partial charge in [0.25, 0.3) is 8.07 Å². The third-order valence-electron chi connectivity index (χ3n) is 6.87. The van der Waals surface area contributed by atoms with Crippen LogP contribution in [-0.4, -0.2) is 62.9 Å². The molecule has 0 bridgehead atoms. The van der Waals surface area contributed by atoms with E-state index in [2.05, 4.69) is 47.0 Å². The highest BCUT2D eigenvalue weighted by molar-refractivity contribution is 7.18. The summed E-state index contributed by atoms with van der Waals surface area (Å²) < 4.78 is 0. The first kappa shape index (κ1) is 25.9. The molecule has 6 aromatic heterocycles. The zero-order valence-corrected chi connectivity index (χ0v) is 23.5. The van der Waals surface area contributed by atoms with E-state index >= 15 is 0 Å². The van der Waals surface area contributed by atoms with Gasteiger partial charge in [0.1, 0.15) is 23.2 Å². The number of hydrogen-bond acceptors (Lipinski definition) is 11. The Morgan fingerprint density at radius 1 is 0.442 bits per heavy atom. The van der Waals surface area contributed by atoms with E-state index in [0.717, 1.165) is 21.8 Å². The number of aromatic nitrogens is 11. The molecule has 0 fully saturated rings. The Hall–Kier alpha value is -6.01. The van der Waals surface area contributed by atoms with Gasteiger partial charge in [-0.3, -0.25) is 19.9 Å². The Kier molecular flexibility index (Phi) is 6.91. The standard InChI is InChI=1S/C31H21N11Si/c1-2-4-23(5-3-1)43(28-10-15-37-30(42-28)27-19-33-16-17-36-27,29-20-35-18-26(40-29)25-8-13-34-21-39-25)31-38-14-9-24(41-31)22-6-11-32-12-7-22/h1-21H. The molecule has 0 spiro atoms. The van der Waals surface area contributed by atoms with E-state index in [9.17, 15) is 0 Å². The van der Waals surface area contributed by atoms with Crippen molar-refractivity contribution in [2.45, 2.75) is 0 Å². The second kappa shape index (κ2) is 11.5. The van der Waals surface area contributed by atoms with Gasteiger partial charge in [-0.25, -0.2) is 34.9 Å². The molecule has 0 radical (unpaired) electrons. The molecule has 0 saturated heterocycles. The molecule has 0 saturated carbocycles. The quantitative estimate of drug-likeness (QED) is 0.255. The van der Waals surface area contributed by atoms with Crippen LogP contribution in [-0.2, 0) is 0 Å². The van der Waals surface area contributed by atoms with E-state index in [1.54, 1.807) is 68.0 Å². The van der Waals surface area contributed by atoms with Gasteiger partial charge in [-0.05, 0) is 35.5 Å². The van der Waals surface area contributed by atoms with Gasteiger partial charge in [0, 0.05) is 60.5 Å². The second-order valence-electron chi connectivity index (χ2n) is 9.36. The summed E-state index contributed by atoms with van der Waals surface area (Å²) in [6.07, 6.45) is 18.5. The van der Waals surface area contributed by atoms with Gasteiger partial charge >= 0.3 is 0 Å². The van der Waals surface area contributed by atoms with E-state index in [1.165, 1.54) is 6.33 Å². The van der Waals surface area contributed by atoms with Crippen molar-refractivity contribution >= 4 is 29.3 Å². The molecule has 0 aliphatic rings. The van der Waals surface area contributed by atoms with Crippen molar-refractivity contribution in [3.05, 3.63) is 129 Å². The van der Waals surface area contributed by atoms with Crippen molar-refractivity contribution in [3.8, 4) is 34.2 Å². The zero-order chi connectivity index (χ0) is 28.9. The number of pyridine rings is 1. The lowest BCUT2D eigenvalue weighted by Crippen LogP contribution is -2.77. The minimum absolute atomic E-state index is 0.434. The fourth-order valence-corrected chi connectivity index (χ4v) is 8.89. The van der Waals surface area contributed by atoms with Crippen LogP contribution < -0.4 is 21.3 Å². The summed E-state index contributed by atoms with van der Waals surface area (Å²) in [7, 11) is -3.45. The average Bonchev–Trinajstić information content (AvgIpc) is 3.11. The molecule has 7 rings (SSSR count). The van der Waals surface area contributed by atoms with Crippen LogP contribution >= 0.6 is 0 Å². The van der Waals surface area contributed by atoms with Gasteiger partial charge < -0.3 is 0 Å². The van der Waals surface area contributed by atoms with Crippen LogP contribution in [0.4, 0.5) is 0 Å². The monoisotopic (exact) mass is 575 g/mol. The molecule has 204 valence electrons. The van der Waals surface area contributed by atoms with Crippen molar-refractivity contribution in [2.75, 3.05) is 0 Å². The molecule has 7 aromatic rings. The molecule has 12 heteroatoms. The first-order valence-electron chi connectivity index (χ1n) is 13.3. The van der Waals surface area contributed by atoms with Crippen LogP contribution in [0, 0.1) is 0 Å². The third kappa shape index (κ3) is 4.91. The number of hydrogen-bond donors (Lipinski definition) is 0. The van der Waals surface area contributed by atoms with Gasteiger partial charge in [0.2, 0.25) is 0 Å². The van der Waals surface area contributed by atoms with Crippen LogP contribution in [0.1, 0.15) is 0 Å². The number of benzene rings is 1. The van der Waals surface area contributed by atoms with Crippen LogP contribution in [0.3, 0.4) is 0 Å². The van der Waals surface area contributed by atoms with Gasteiger partial charge in [0.15, 0.2) is 5.82 Å². The molecular formula is C31H21N11Si. The van der Waals surface area contributed by atoms with E-state index < -0.39 is 8.07 Å². The molecule has 1 unspecified atom stereocenters. The lowest BCUT2D eigenvalue weighted by atomic mass is 10.2. The SMILES string of the molecule is c1ccc([Si](c2cncc(-c3ccncn3)n2)(c2ccnc(-c3cnccn3)n2)c2nccc(-c3ccncc3)n2)cc1. The normalized spacial score (nSPS) is 12.4. The maximum Gasteiger partial charge on any atom is 0.269 e. The summed E-state index contributed by atoms with van der Waals surface area (Å²) in [5.74, 6) is 0.434. The minimum atomic E-state index is -3.45. The molecule has 6 heterocycles. The molecular weight excluding hydrogens is 555 g/mol. The smallest absolute Gasteiger partial charge is 0.265 e. The molecule has 0 N–H and O–H groups in total. The van der Waals surface area contributed by atoms with Crippen molar-refractivity contribution in [1.29, 1.82) is 0 Å². The average molecular weight is 576 g/mol. The summed E-state index contributed by atoms with van der Waals surface area (Å²) in [6.45, 7) is 0. The van der Waals surface area contributed by atoms with Crippen molar-refractivity contribution in [2.24, 2.45) is 0 Å². The zero-order valence-electron chi connectivity index (χ0n) is 22.5. The molecule has 1 atom stereocenters. The summed E-state index contributed by atoms with van der Waals surface area (Å²) in [6, 6.07) is 19.5. The number of nitrogens with zero attached hydrogens (tertiary/aromatic N) is 11. The molecule has 0 aliphatic heterocycles. The van der Waals surface area contributed by atoms with Crippen LogP contribution in [0.2, 0.25) is 0 Å². The third-order valence-corrected chi connectivity index (χ3v) is 11.0. The lowest BCUT2D eigenvalue weighted by molar-refractivity contribution is 1.12. The number of rotatable bonds is 7. The van der Waals surface area contributed by atoms with Crippen LogP contribution in [0.25, 0.3) is 34.2 Å². The van der Waals surface area contributed by atoms with E-state index in [0.29, 0.717) is 33.7 Å². The van der Waals surface area contributed by atoms with E-state index in [-0.39, 0.29) is 0 Å². The predicted octanol–water partition coefficient (Wildman–Crippen LogP) is 1.41. The maximum absolute atomic E-state index is 5.19. The van der Waals surface area contributed by atoms with Crippen molar-refractivity contribution in [1.82, 2.24) is 54.8 Å². The fraction of sp³-hybridized carbons (Fsp3) is 0. The van der Waals surface area contributed by atoms with E-state index in [4.69, 9.17) is 19.9 Å². The highest BCUT2D eigenvalue weighted by Crippen LogP contribution is 2.16. The molecule has 0 amide bonds. The first-order valence-corrected chi connectivity index (χ1v) is 15.3. The van der Waals surface area contributed by atoms with Crippen LogP contribution in [0.5, 0.6) is 0 Å². The molecule has 0 aliphatic carbocycles. The maximum atomic E-state index is 5.19. The minimum Gasteiger partial charge on any atom is -0.265 e. The molecule has 1 aromatic carbocycles. The van der Waals surface area contributed by atoms with Gasteiger partial charge in [-0.15, -0.1) is 0 Å². The Balaban J connectivity index is 1.56. The van der Waals surface area contributed by atoms with Gasteiger partial charge in [0.05, 0.1) is 29.1 Å². The van der Waals surface area contributed by atoms with Crippen LogP contribution in [0.15, 0.2) is 129 Å². The Morgan fingerprint density at radius 2 is 1.26 bits per heavy atom. The summed E-state index contributed by atoms with van der Waals surface area (Å²) >= 11 is 0. The Bertz CT molecular complexity index is 1780. The summed E-state index contributed by atoms with van der Waals surface area (Å²) in [5, 5.41) is 2.38. The first-order chi connectivity index (χ1) is 21.3. The largest absolute Gasteiger partial charge is 0.269 e. The summed E-state index contributed by atoms with van der Waals surface area (Å²) in [5.41, 5.74) is 4.05. The highest BCUT2D eigenvalue weighted by Gasteiger charge is 2.48. The second-order valence-corrected chi connectivity index (χ2v) is 12.9. The highest BCUT2D eigenvalue weighted by atomic mass is 28.3. The van der Waals surface area contributed by atoms with E-state index in [1.807, 2.05) is 42.5 Å². The fourth-order valence-electron chi connectivity index (χ4n) is 4.91. The van der Waals surface area contributed by atoms with Gasteiger partial charge in [-0.1, -0.05) is 30.3 Å².